The summed E-state index contributed by atoms with van der Waals surface area (Å²) in [5, 5.41) is 5.47. The van der Waals surface area contributed by atoms with Crippen LogP contribution in [0.3, 0.4) is 0 Å². The van der Waals surface area contributed by atoms with Crippen molar-refractivity contribution in [3.63, 3.8) is 0 Å². The first-order valence-corrected chi connectivity index (χ1v) is 7.31. The molecule has 0 spiro atoms. The number of nitrogens with zero attached hydrogens (tertiary/aromatic N) is 2. The zero-order chi connectivity index (χ0) is 15.1. The van der Waals surface area contributed by atoms with Crippen LogP contribution in [0.1, 0.15) is 5.56 Å². The molecule has 4 rings (SSSR count). The van der Waals surface area contributed by atoms with Crippen LogP contribution < -0.4 is 0 Å². The molecule has 2 aromatic heterocycles. The number of hydrogen-bond acceptors (Lipinski definition) is 2. The van der Waals surface area contributed by atoms with Gasteiger partial charge in [0.25, 0.3) is 0 Å². The van der Waals surface area contributed by atoms with Gasteiger partial charge in [0.2, 0.25) is 0 Å². The van der Waals surface area contributed by atoms with E-state index in [1.165, 1.54) is 16.5 Å². The average Bonchev–Trinajstić information content (AvgIpc) is 3.13. The average molecular weight is 288 g/mol. The minimum Gasteiger partial charge on any atom is -0.356 e. The van der Waals surface area contributed by atoms with Crippen LogP contribution in [0.25, 0.3) is 33.5 Å². The van der Waals surface area contributed by atoms with Crippen molar-refractivity contribution in [2.24, 2.45) is 7.05 Å². The van der Waals surface area contributed by atoms with Gasteiger partial charge in [0.15, 0.2) is 5.76 Å². The first-order valence-electron chi connectivity index (χ1n) is 7.31. The molecular weight excluding hydrogens is 272 g/mol. The topological polar surface area (TPSA) is 31.0 Å². The van der Waals surface area contributed by atoms with Crippen LogP contribution in [0.5, 0.6) is 0 Å². The minimum absolute atomic E-state index is 0.807. The predicted octanol–water partition coefficient (Wildman–Crippen LogP) is 4.81. The van der Waals surface area contributed by atoms with Crippen molar-refractivity contribution in [3.8, 4) is 22.6 Å². The van der Waals surface area contributed by atoms with Crippen molar-refractivity contribution in [2.45, 2.75) is 6.92 Å². The summed E-state index contributed by atoms with van der Waals surface area (Å²) in [5.41, 5.74) is 5.43. The van der Waals surface area contributed by atoms with E-state index in [0.29, 0.717) is 0 Å². The highest BCUT2D eigenvalue weighted by molar-refractivity contribution is 5.95. The molecular formula is C19H16N2O. The Morgan fingerprint density at radius 1 is 0.955 bits per heavy atom. The molecule has 3 heteroatoms. The standard InChI is InChI=1S/C19H16N2O/c1-13-7-3-4-8-14(13)19-11-17(20-22-19)16-12-21(2)18-10-6-5-9-15(16)18/h3-12H,1-2H3. The van der Waals surface area contributed by atoms with Crippen LogP contribution in [-0.2, 0) is 7.05 Å². The number of benzene rings is 2. The smallest absolute Gasteiger partial charge is 0.167 e. The number of rotatable bonds is 2. The van der Waals surface area contributed by atoms with E-state index in [2.05, 4.69) is 47.1 Å². The summed E-state index contributed by atoms with van der Waals surface area (Å²) in [6.45, 7) is 2.08. The molecule has 0 bridgehead atoms. The van der Waals surface area contributed by atoms with Gasteiger partial charge in [-0.3, -0.25) is 0 Å². The Morgan fingerprint density at radius 3 is 2.59 bits per heavy atom. The zero-order valence-electron chi connectivity index (χ0n) is 12.6. The number of hydrogen-bond donors (Lipinski definition) is 0. The summed E-state index contributed by atoms with van der Waals surface area (Å²) in [6.07, 6.45) is 2.10. The van der Waals surface area contributed by atoms with Crippen LogP contribution in [0.2, 0.25) is 0 Å². The number of para-hydroxylation sites is 1. The SMILES string of the molecule is Cc1ccccc1-c1cc(-c2cn(C)c3ccccc23)no1. The molecule has 0 aliphatic carbocycles. The lowest BCUT2D eigenvalue weighted by Crippen LogP contribution is -1.81. The van der Waals surface area contributed by atoms with Crippen molar-refractivity contribution >= 4 is 10.9 Å². The van der Waals surface area contributed by atoms with Gasteiger partial charge in [-0.25, -0.2) is 0 Å². The molecule has 2 aromatic carbocycles. The summed E-state index contributed by atoms with van der Waals surface area (Å²) in [4.78, 5) is 0. The molecule has 108 valence electrons. The molecule has 0 radical (unpaired) electrons. The third-order valence-corrected chi connectivity index (χ3v) is 4.09. The van der Waals surface area contributed by atoms with Gasteiger partial charge in [-0.1, -0.05) is 47.6 Å². The van der Waals surface area contributed by atoms with E-state index in [9.17, 15) is 0 Å². The molecule has 0 amide bonds. The van der Waals surface area contributed by atoms with E-state index in [0.717, 1.165) is 22.6 Å². The van der Waals surface area contributed by atoms with Gasteiger partial charge in [-0.15, -0.1) is 0 Å². The Kier molecular flexibility index (Phi) is 2.86. The van der Waals surface area contributed by atoms with Gasteiger partial charge in [0.1, 0.15) is 5.69 Å². The molecule has 2 heterocycles. The van der Waals surface area contributed by atoms with Gasteiger partial charge in [0.05, 0.1) is 0 Å². The summed E-state index contributed by atoms with van der Waals surface area (Å²) in [5.74, 6) is 0.807. The fraction of sp³-hybridized carbons (Fsp3) is 0.105. The predicted molar refractivity (Wildman–Crippen MR) is 88.6 cm³/mol. The van der Waals surface area contributed by atoms with Crippen LogP contribution in [0.15, 0.2) is 65.3 Å². The van der Waals surface area contributed by atoms with Crippen molar-refractivity contribution in [1.82, 2.24) is 9.72 Å². The monoisotopic (exact) mass is 288 g/mol. The zero-order valence-corrected chi connectivity index (χ0v) is 12.6. The van der Waals surface area contributed by atoms with Gasteiger partial charge >= 0.3 is 0 Å². The number of aromatic nitrogens is 2. The van der Waals surface area contributed by atoms with Gasteiger partial charge in [-0.2, -0.15) is 0 Å². The van der Waals surface area contributed by atoms with Crippen LogP contribution in [-0.4, -0.2) is 9.72 Å². The molecule has 22 heavy (non-hydrogen) atoms. The lowest BCUT2D eigenvalue weighted by molar-refractivity contribution is 0.435. The molecule has 4 aromatic rings. The molecule has 0 atom stereocenters. The lowest BCUT2D eigenvalue weighted by Gasteiger charge is -1.98. The highest BCUT2D eigenvalue weighted by Gasteiger charge is 2.14. The second kappa shape index (κ2) is 4.88. The Balaban J connectivity index is 1.86. The maximum Gasteiger partial charge on any atom is 0.167 e. The van der Waals surface area contributed by atoms with Crippen LogP contribution >= 0.6 is 0 Å². The number of fused-ring (bicyclic) bond motifs is 1. The Bertz CT molecular complexity index is 962. The maximum atomic E-state index is 5.58. The molecule has 0 aliphatic rings. The summed E-state index contributed by atoms with van der Waals surface area (Å²) < 4.78 is 7.70. The van der Waals surface area contributed by atoms with E-state index in [1.807, 2.05) is 37.4 Å². The molecule has 0 fully saturated rings. The molecule has 0 N–H and O–H groups in total. The lowest BCUT2D eigenvalue weighted by atomic mass is 10.1. The first-order chi connectivity index (χ1) is 10.7. The highest BCUT2D eigenvalue weighted by Crippen LogP contribution is 2.32. The Labute approximate surface area is 128 Å². The van der Waals surface area contributed by atoms with E-state index < -0.39 is 0 Å². The molecule has 0 unspecified atom stereocenters. The van der Waals surface area contributed by atoms with E-state index in [4.69, 9.17) is 4.52 Å². The fourth-order valence-electron chi connectivity index (χ4n) is 2.92. The van der Waals surface area contributed by atoms with Crippen molar-refractivity contribution in [2.75, 3.05) is 0 Å². The normalized spacial score (nSPS) is 11.2. The van der Waals surface area contributed by atoms with Crippen molar-refractivity contribution in [1.29, 1.82) is 0 Å². The van der Waals surface area contributed by atoms with Gasteiger partial charge in [0, 0.05) is 41.3 Å². The van der Waals surface area contributed by atoms with E-state index in [-0.39, 0.29) is 0 Å². The third kappa shape index (κ3) is 1.94. The number of aryl methyl sites for hydroxylation is 2. The maximum absolute atomic E-state index is 5.58. The Morgan fingerprint density at radius 2 is 1.73 bits per heavy atom. The molecule has 3 nitrogen and oxygen atoms in total. The van der Waals surface area contributed by atoms with E-state index >= 15 is 0 Å². The van der Waals surface area contributed by atoms with Gasteiger partial charge in [-0.05, 0) is 18.6 Å². The van der Waals surface area contributed by atoms with Crippen molar-refractivity contribution in [3.05, 3.63) is 66.4 Å². The molecule has 0 saturated carbocycles. The largest absolute Gasteiger partial charge is 0.356 e. The van der Waals surface area contributed by atoms with Crippen molar-refractivity contribution < 1.29 is 4.52 Å². The van der Waals surface area contributed by atoms with Gasteiger partial charge < -0.3 is 9.09 Å². The third-order valence-electron chi connectivity index (χ3n) is 4.09. The Hall–Kier alpha value is -2.81. The highest BCUT2D eigenvalue weighted by atomic mass is 16.5. The first kappa shape index (κ1) is 12.9. The molecule has 0 saturated heterocycles. The van der Waals surface area contributed by atoms with Crippen LogP contribution in [0.4, 0.5) is 0 Å². The quantitative estimate of drug-likeness (QED) is 0.530. The summed E-state index contributed by atoms with van der Waals surface area (Å²) in [6, 6.07) is 18.5. The fourth-order valence-corrected chi connectivity index (χ4v) is 2.92. The second-order valence-corrected chi connectivity index (χ2v) is 5.56. The minimum atomic E-state index is 0.807. The molecule has 0 aliphatic heterocycles. The summed E-state index contributed by atoms with van der Waals surface area (Å²) in [7, 11) is 2.05. The second-order valence-electron chi connectivity index (χ2n) is 5.56. The van der Waals surface area contributed by atoms with E-state index in [1.54, 1.807) is 0 Å². The summed E-state index contributed by atoms with van der Waals surface area (Å²) >= 11 is 0. The van der Waals surface area contributed by atoms with Crippen LogP contribution in [0, 0.1) is 6.92 Å².